The molecule has 0 saturated carbocycles. The summed E-state index contributed by atoms with van der Waals surface area (Å²) >= 11 is 0. The average Bonchev–Trinajstić information content (AvgIpc) is 2.17. The molecule has 0 spiro atoms. The number of benzene rings is 1. The van der Waals surface area contributed by atoms with E-state index >= 15 is 0 Å². The number of hydrogen-bond donors (Lipinski definition) is 3. The zero-order valence-corrected chi connectivity index (χ0v) is 9.87. The summed E-state index contributed by atoms with van der Waals surface area (Å²) in [5.41, 5.74) is 5.80. The molecule has 1 aromatic carbocycles. The van der Waals surface area contributed by atoms with Gasteiger partial charge in [-0.3, -0.25) is 0 Å². The van der Waals surface area contributed by atoms with Crippen molar-refractivity contribution in [3.05, 3.63) is 24.3 Å². The minimum Gasteiger partial charge on any atom is -0.398 e. The van der Waals surface area contributed by atoms with Gasteiger partial charge in [0, 0.05) is 12.6 Å². The second-order valence-electron chi connectivity index (χ2n) is 3.57. The molecule has 0 saturated heterocycles. The first-order valence-electron chi connectivity index (χ1n) is 4.95. The monoisotopic (exact) mass is 244 g/mol. The summed E-state index contributed by atoms with van der Waals surface area (Å²) in [6.45, 7) is 1.63. The van der Waals surface area contributed by atoms with Crippen molar-refractivity contribution in [2.75, 3.05) is 12.3 Å². The van der Waals surface area contributed by atoms with Gasteiger partial charge in [-0.2, -0.15) is 0 Å². The van der Waals surface area contributed by atoms with Gasteiger partial charge in [-0.05, 0) is 25.5 Å². The van der Waals surface area contributed by atoms with Gasteiger partial charge in [0.05, 0.1) is 5.69 Å². The minimum absolute atomic E-state index is 0.0615. The van der Waals surface area contributed by atoms with Crippen LogP contribution in [0.3, 0.4) is 0 Å². The molecule has 0 heterocycles. The zero-order valence-electron chi connectivity index (χ0n) is 9.05. The Balaban J connectivity index is 2.91. The fraction of sp³-hybridized carbons (Fsp3) is 0.400. The third-order valence-corrected chi connectivity index (χ3v) is 3.79. The Morgan fingerprint density at radius 1 is 1.44 bits per heavy atom. The van der Waals surface area contributed by atoms with E-state index in [1.165, 1.54) is 12.1 Å². The van der Waals surface area contributed by atoms with Gasteiger partial charge in [0.1, 0.15) is 4.90 Å². The topological polar surface area (TPSA) is 92.4 Å². The molecule has 4 N–H and O–H groups in total. The van der Waals surface area contributed by atoms with Crippen LogP contribution < -0.4 is 10.5 Å². The highest BCUT2D eigenvalue weighted by Crippen LogP contribution is 2.17. The number of sulfonamides is 1. The van der Waals surface area contributed by atoms with Crippen molar-refractivity contribution in [1.29, 1.82) is 0 Å². The Kier molecular flexibility index (Phi) is 4.28. The maximum atomic E-state index is 11.9. The molecular weight excluding hydrogens is 228 g/mol. The lowest BCUT2D eigenvalue weighted by Crippen LogP contribution is -2.33. The normalized spacial score (nSPS) is 13.6. The molecule has 0 aromatic heterocycles. The summed E-state index contributed by atoms with van der Waals surface area (Å²) in [5.74, 6) is 0. The van der Waals surface area contributed by atoms with Gasteiger partial charge in [0.25, 0.3) is 0 Å². The van der Waals surface area contributed by atoms with Gasteiger partial charge >= 0.3 is 0 Å². The summed E-state index contributed by atoms with van der Waals surface area (Å²) in [6.07, 6.45) is 0.367. The van der Waals surface area contributed by atoms with Gasteiger partial charge < -0.3 is 10.8 Å². The first-order valence-corrected chi connectivity index (χ1v) is 6.43. The van der Waals surface area contributed by atoms with E-state index in [1.54, 1.807) is 19.1 Å². The smallest absolute Gasteiger partial charge is 0.242 e. The molecule has 0 bridgehead atoms. The van der Waals surface area contributed by atoms with Gasteiger partial charge in [0.15, 0.2) is 0 Å². The van der Waals surface area contributed by atoms with E-state index in [0.717, 1.165) is 0 Å². The van der Waals surface area contributed by atoms with Gasteiger partial charge in [-0.15, -0.1) is 0 Å². The van der Waals surface area contributed by atoms with E-state index in [-0.39, 0.29) is 23.2 Å². The van der Waals surface area contributed by atoms with Gasteiger partial charge in [-0.25, -0.2) is 13.1 Å². The molecule has 0 fully saturated rings. The van der Waals surface area contributed by atoms with Crippen LogP contribution in [-0.4, -0.2) is 26.2 Å². The third-order valence-electron chi connectivity index (χ3n) is 2.13. The zero-order chi connectivity index (χ0) is 12.2. The van der Waals surface area contributed by atoms with Crippen LogP contribution in [-0.2, 0) is 10.0 Å². The molecule has 6 heteroatoms. The van der Waals surface area contributed by atoms with E-state index in [1.807, 2.05) is 0 Å². The van der Waals surface area contributed by atoms with E-state index in [2.05, 4.69) is 4.72 Å². The Hall–Kier alpha value is -1.11. The van der Waals surface area contributed by atoms with E-state index < -0.39 is 10.0 Å². The van der Waals surface area contributed by atoms with Crippen LogP contribution in [0.5, 0.6) is 0 Å². The first-order chi connectivity index (χ1) is 7.47. The molecule has 90 valence electrons. The number of rotatable bonds is 5. The van der Waals surface area contributed by atoms with Crippen LogP contribution in [0.1, 0.15) is 13.3 Å². The molecule has 1 rings (SSSR count). The van der Waals surface area contributed by atoms with Crippen LogP contribution in [0.15, 0.2) is 29.2 Å². The van der Waals surface area contributed by atoms with Crippen molar-refractivity contribution in [3.8, 4) is 0 Å². The van der Waals surface area contributed by atoms with Gasteiger partial charge in [-0.1, -0.05) is 12.1 Å². The molecular formula is C10H16N2O3S. The molecule has 0 radical (unpaired) electrons. The Bertz CT molecular complexity index is 445. The standard InChI is InChI=1S/C10H16N2O3S/c1-8(6-7-13)12-16(14,15)10-5-3-2-4-9(10)11/h2-5,8,12-13H,6-7,11H2,1H3. The molecule has 0 aliphatic rings. The quantitative estimate of drug-likeness (QED) is 0.650. The second kappa shape index (κ2) is 5.29. The molecule has 0 aliphatic heterocycles. The van der Waals surface area contributed by atoms with Crippen molar-refractivity contribution in [2.24, 2.45) is 0 Å². The first kappa shape index (κ1) is 13.0. The Morgan fingerprint density at radius 2 is 2.06 bits per heavy atom. The summed E-state index contributed by atoms with van der Waals surface area (Å²) in [4.78, 5) is 0.0692. The number of aliphatic hydroxyl groups excluding tert-OH is 1. The second-order valence-corrected chi connectivity index (χ2v) is 5.25. The Labute approximate surface area is 95.3 Å². The van der Waals surface area contributed by atoms with Crippen LogP contribution in [0, 0.1) is 0 Å². The van der Waals surface area contributed by atoms with Crippen LogP contribution in [0.25, 0.3) is 0 Å². The van der Waals surface area contributed by atoms with Crippen LogP contribution in [0.4, 0.5) is 5.69 Å². The predicted octanol–water partition coefficient (Wildman–Crippen LogP) is 0.318. The minimum atomic E-state index is -3.60. The number of nitrogen functional groups attached to an aromatic ring is 1. The van der Waals surface area contributed by atoms with Crippen LogP contribution >= 0.6 is 0 Å². The highest BCUT2D eigenvalue weighted by molar-refractivity contribution is 7.89. The van der Waals surface area contributed by atoms with Gasteiger partial charge in [0.2, 0.25) is 10.0 Å². The highest BCUT2D eigenvalue weighted by atomic mass is 32.2. The predicted molar refractivity (Wildman–Crippen MR) is 62.3 cm³/mol. The van der Waals surface area contributed by atoms with E-state index in [4.69, 9.17) is 10.8 Å². The SMILES string of the molecule is CC(CCO)NS(=O)(=O)c1ccccc1N. The summed E-state index contributed by atoms with van der Waals surface area (Å²) in [5, 5.41) is 8.70. The van der Waals surface area contributed by atoms with Crippen molar-refractivity contribution in [2.45, 2.75) is 24.3 Å². The maximum Gasteiger partial charge on any atom is 0.242 e. The number of nitrogens with two attached hydrogens (primary N) is 1. The molecule has 1 atom stereocenters. The molecule has 1 unspecified atom stereocenters. The van der Waals surface area contributed by atoms with Crippen molar-refractivity contribution in [1.82, 2.24) is 4.72 Å². The lowest BCUT2D eigenvalue weighted by atomic mass is 10.3. The molecule has 0 amide bonds. The lowest BCUT2D eigenvalue weighted by molar-refractivity contribution is 0.275. The molecule has 16 heavy (non-hydrogen) atoms. The molecule has 0 aliphatic carbocycles. The molecule has 5 nitrogen and oxygen atoms in total. The van der Waals surface area contributed by atoms with E-state index in [0.29, 0.717) is 6.42 Å². The largest absolute Gasteiger partial charge is 0.398 e. The fourth-order valence-electron chi connectivity index (χ4n) is 1.31. The lowest BCUT2D eigenvalue weighted by Gasteiger charge is -2.13. The van der Waals surface area contributed by atoms with Crippen molar-refractivity contribution >= 4 is 15.7 Å². The fourth-order valence-corrected chi connectivity index (χ4v) is 2.72. The summed E-state index contributed by atoms with van der Waals surface area (Å²) in [6, 6.07) is 5.94. The van der Waals surface area contributed by atoms with Crippen molar-refractivity contribution in [3.63, 3.8) is 0 Å². The number of anilines is 1. The molecule has 1 aromatic rings. The van der Waals surface area contributed by atoms with Crippen molar-refractivity contribution < 1.29 is 13.5 Å². The average molecular weight is 244 g/mol. The number of para-hydroxylation sites is 1. The number of hydrogen-bond acceptors (Lipinski definition) is 4. The van der Waals surface area contributed by atoms with Crippen LogP contribution in [0.2, 0.25) is 0 Å². The van der Waals surface area contributed by atoms with E-state index in [9.17, 15) is 8.42 Å². The number of aliphatic hydroxyl groups is 1. The summed E-state index contributed by atoms with van der Waals surface area (Å²) < 4.78 is 26.2. The maximum absolute atomic E-state index is 11.9. The highest BCUT2D eigenvalue weighted by Gasteiger charge is 2.18. The number of nitrogens with one attached hydrogen (secondary N) is 1. The summed E-state index contributed by atoms with van der Waals surface area (Å²) in [7, 11) is -3.60. The third kappa shape index (κ3) is 3.19. The Morgan fingerprint density at radius 3 is 2.62 bits per heavy atom.